The molecular weight excluding hydrogens is 448 g/mol. The van der Waals surface area contributed by atoms with Crippen molar-refractivity contribution >= 4 is 11.9 Å². The predicted molar refractivity (Wildman–Crippen MR) is 146 cm³/mol. The van der Waals surface area contributed by atoms with Crippen LogP contribution in [-0.2, 0) is 17.8 Å². The van der Waals surface area contributed by atoms with Gasteiger partial charge in [0.25, 0.3) is 5.91 Å². The normalized spacial score (nSPS) is 12.4. The minimum atomic E-state index is -1.01. The third kappa shape index (κ3) is 6.82. The molecule has 36 heavy (non-hydrogen) atoms. The van der Waals surface area contributed by atoms with Crippen molar-refractivity contribution in [3.8, 4) is 11.1 Å². The van der Waals surface area contributed by atoms with Gasteiger partial charge < -0.3 is 10.4 Å². The van der Waals surface area contributed by atoms with E-state index in [0.29, 0.717) is 24.9 Å². The molecule has 3 aromatic rings. The molecule has 0 aliphatic carbocycles. The number of rotatable bonds is 11. The highest BCUT2D eigenvalue weighted by Gasteiger charge is 2.26. The van der Waals surface area contributed by atoms with Gasteiger partial charge in [-0.25, -0.2) is 4.79 Å². The maximum atomic E-state index is 13.3. The fraction of sp³-hybridized carbons (Fsp3) is 0.355. The van der Waals surface area contributed by atoms with Gasteiger partial charge in [-0.3, -0.25) is 9.69 Å². The van der Waals surface area contributed by atoms with Crippen LogP contribution in [-0.4, -0.2) is 40.5 Å². The SMILES string of the molecule is CCC[C@H](NC(=O)c1ccc(CN(C)C(C)(C)Cc2ccccc2)cc1-c1ccccc1C)C(=O)O. The van der Waals surface area contributed by atoms with Gasteiger partial charge in [-0.15, -0.1) is 0 Å². The molecular formula is C31H38N2O3. The molecule has 5 heteroatoms. The number of hydrogen-bond donors (Lipinski definition) is 2. The molecule has 0 aliphatic heterocycles. The lowest BCUT2D eigenvalue weighted by Crippen LogP contribution is -2.42. The second-order valence-electron chi connectivity index (χ2n) is 10.2. The summed E-state index contributed by atoms with van der Waals surface area (Å²) in [5.41, 5.74) is 5.65. The zero-order valence-electron chi connectivity index (χ0n) is 22.0. The number of aryl methyl sites for hydroxylation is 1. The zero-order chi connectivity index (χ0) is 26.3. The van der Waals surface area contributed by atoms with Gasteiger partial charge in [0.2, 0.25) is 0 Å². The summed E-state index contributed by atoms with van der Waals surface area (Å²) in [6.45, 7) is 9.13. The number of carboxylic acids is 1. The number of aliphatic carboxylic acids is 1. The van der Waals surface area contributed by atoms with Crippen LogP contribution in [0.3, 0.4) is 0 Å². The van der Waals surface area contributed by atoms with E-state index in [2.05, 4.69) is 61.4 Å². The van der Waals surface area contributed by atoms with Crippen LogP contribution in [0.1, 0.15) is 60.7 Å². The molecule has 0 aliphatic rings. The molecule has 0 saturated heterocycles. The van der Waals surface area contributed by atoms with Crippen molar-refractivity contribution in [2.75, 3.05) is 7.05 Å². The van der Waals surface area contributed by atoms with Crippen molar-refractivity contribution in [2.45, 2.75) is 65.1 Å². The second kappa shape index (κ2) is 12.0. The number of carbonyl (C=O) groups excluding carboxylic acids is 1. The Kier molecular flexibility index (Phi) is 9.05. The average molecular weight is 487 g/mol. The third-order valence-electron chi connectivity index (χ3n) is 6.88. The third-order valence-corrected chi connectivity index (χ3v) is 6.88. The number of benzene rings is 3. The predicted octanol–water partition coefficient (Wildman–Crippen LogP) is 6.10. The van der Waals surface area contributed by atoms with E-state index in [-0.39, 0.29) is 11.4 Å². The highest BCUT2D eigenvalue weighted by molar-refractivity contribution is 6.02. The maximum absolute atomic E-state index is 13.3. The first-order valence-electron chi connectivity index (χ1n) is 12.6. The van der Waals surface area contributed by atoms with Crippen molar-refractivity contribution < 1.29 is 14.7 Å². The lowest BCUT2D eigenvalue weighted by Gasteiger charge is -2.36. The number of nitrogens with zero attached hydrogens (tertiary/aromatic N) is 1. The number of likely N-dealkylation sites (N-methyl/N-ethyl adjacent to an activating group) is 1. The minimum Gasteiger partial charge on any atom is -0.480 e. The van der Waals surface area contributed by atoms with Gasteiger partial charge in [0.05, 0.1) is 0 Å². The summed E-state index contributed by atoms with van der Waals surface area (Å²) in [6.07, 6.45) is 1.98. The molecule has 3 aromatic carbocycles. The Labute approximate surface area is 215 Å². The van der Waals surface area contributed by atoms with E-state index in [0.717, 1.165) is 28.7 Å². The zero-order valence-corrected chi connectivity index (χ0v) is 22.0. The summed E-state index contributed by atoms with van der Waals surface area (Å²) >= 11 is 0. The van der Waals surface area contributed by atoms with E-state index >= 15 is 0 Å². The van der Waals surface area contributed by atoms with Crippen molar-refractivity contribution in [2.24, 2.45) is 0 Å². The van der Waals surface area contributed by atoms with E-state index in [1.165, 1.54) is 5.56 Å². The number of amides is 1. The Morgan fingerprint density at radius 2 is 1.61 bits per heavy atom. The van der Waals surface area contributed by atoms with Gasteiger partial charge >= 0.3 is 5.97 Å². The van der Waals surface area contributed by atoms with E-state index < -0.39 is 12.0 Å². The van der Waals surface area contributed by atoms with Gasteiger partial charge in [-0.1, -0.05) is 74.0 Å². The average Bonchev–Trinajstić information content (AvgIpc) is 2.84. The smallest absolute Gasteiger partial charge is 0.326 e. The van der Waals surface area contributed by atoms with Crippen LogP contribution in [0.5, 0.6) is 0 Å². The van der Waals surface area contributed by atoms with Crippen molar-refractivity contribution in [1.29, 1.82) is 0 Å². The van der Waals surface area contributed by atoms with Gasteiger partial charge in [-0.05, 0) is 80.6 Å². The van der Waals surface area contributed by atoms with Crippen LogP contribution in [0.15, 0.2) is 72.8 Å². The lowest BCUT2D eigenvalue weighted by atomic mass is 9.91. The van der Waals surface area contributed by atoms with Gasteiger partial charge in [0, 0.05) is 17.6 Å². The maximum Gasteiger partial charge on any atom is 0.326 e. The summed E-state index contributed by atoms with van der Waals surface area (Å²) in [6, 6.07) is 23.4. The van der Waals surface area contributed by atoms with Gasteiger partial charge in [-0.2, -0.15) is 0 Å². The van der Waals surface area contributed by atoms with Crippen LogP contribution in [0.4, 0.5) is 0 Å². The Hall–Kier alpha value is -3.44. The highest BCUT2D eigenvalue weighted by atomic mass is 16.4. The van der Waals surface area contributed by atoms with Gasteiger partial charge in [0.1, 0.15) is 6.04 Å². The molecule has 3 rings (SSSR count). The largest absolute Gasteiger partial charge is 0.480 e. The fourth-order valence-electron chi connectivity index (χ4n) is 4.49. The van der Waals surface area contributed by atoms with Crippen LogP contribution in [0.2, 0.25) is 0 Å². The molecule has 0 heterocycles. The molecule has 0 unspecified atom stereocenters. The van der Waals surface area contributed by atoms with Crippen molar-refractivity contribution in [1.82, 2.24) is 10.2 Å². The number of nitrogens with one attached hydrogen (secondary N) is 1. The first-order valence-corrected chi connectivity index (χ1v) is 12.6. The molecule has 0 spiro atoms. The summed E-state index contributed by atoms with van der Waals surface area (Å²) in [5.74, 6) is -1.38. The Bertz CT molecular complexity index is 1190. The first kappa shape index (κ1) is 27.2. The molecule has 0 fully saturated rings. The number of hydrogen-bond acceptors (Lipinski definition) is 3. The molecule has 5 nitrogen and oxygen atoms in total. The lowest BCUT2D eigenvalue weighted by molar-refractivity contribution is -0.139. The van der Waals surface area contributed by atoms with Crippen LogP contribution in [0, 0.1) is 6.92 Å². The van der Waals surface area contributed by atoms with Crippen LogP contribution < -0.4 is 5.32 Å². The van der Waals surface area contributed by atoms with Gasteiger partial charge in [0.15, 0.2) is 0 Å². The summed E-state index contributed by atoms with van der Waals surface area (Å²) in [5, 5.41) is 12.3. The van der Waals surface area contributed by atoms with Crippen LogP contribution in [0.25, 0.3) is 11.1 Å². The van der Waals surface area contributed by atoms with E-state index in [1.54, 1.807) is 0 Å². The van der Waals surface area contributed by atoms with E-state index in [4.69, 9.17) is 0 Å². The molecule has 2 N–H and O–H groups in total. The summed E-state index contributed by atoms with van der Waals surface area (Å²) in [4.78, 5) is 27.2. The topological polar surface area (TPSA) is 69.6 Å². The Balaban J connectivity index is 1.92. The molecule has 1 amide bonds. The molecule has 0 aromatic heterocycles. The summed E-state index contributed by atoms with van der Waals surface area (Å²) < 4.78 is 0. The second-order valence-corrected chi connectivity index (χ2v) is 10.2. The van der Waals surface area contributed by atoms with Crippen LogP contribution >= 0.6 is 0 Å². The monoisotopic (exact) mass is 486 g/mol. The molecule has 190 valence electrons. The first-order chi connectivity index (χ1) is 17.1. The molecule has 1 atom stereocenters. The number of carbonyl (C=O) groups is 2. The Morgan fingerprint density at radius 1 is 0.944 bits per heavy atom. The molecule has 0 saturated carbocycles. The fourth-order valence-corrected chi connectivity index (χ4v) is 4.49. The Morgan fingerprint density at radius 3 is 2.25 bits per heavy atom. The highest BCUT2D eigenvalue weighted by Crippen LogP contribution is 2.30. The number of carboxylic acid groups (broad SMARTS) is 1. The quantitative estimate of drug-likeness (QED) is 0.344. The summed E-state index contributed by atoms with van der Waals surface area (Å²) in [7, 11) is 2.12. The minimum absolute atomic E-state index is 0.0743. The van der Waals surface area contributed by atoms with Crippen molar-refractivity contribution in [3.05, 3.63) is 95.1 Å². The van der Waals surface area contributed by atoms with E-state index in [1.807, 2.05) is 56.3 Å². The standard InChI is InChI=1S/C31H38N2O3/c1-6-12-28(30(35)36)32-29(34)26-18-17-24(19-27(26)25-16-11-10-13-22(25)2)21-33(5)31(3,4)20-23-14-8-7-9-15-23/h7-11,13-19,28H,6,12,20-21H2,1-5H3,(H,32,34)(H,35,36)/t28-/m0/s1. The molecule has 0 bridgehead atoms. The van der Waals surface area contributed by atoms with Crippen molar-refractivity contribution in [3.63, 3.8) is 0 Å². The molecule has 0 radical (unpaired) electrons. The van der Waals surface area contributed by atoms with E-state index in [9.17, 15) is 14.7 Å².